The van der Waals surface area contributed by atoms with Crippen molar-refractivity contribution in [1.82, 2.24) is 10.6 Å². The van der Waals surface area contributed by atoms with E-state index in [0.717, 1.165) is 25.9 Å². The zero-order valence-corrected chi connectivity index (χ0v) is 12.0. The number of nitrogens with one attached hydrogen (secondary N) is 2. The third-order valence-corrected chi connectivity index (χ3v) is 3.85. The van der Waals surface area contributed by atoms with Crippen LogP contribution in [0.5, 0.6) is 11.5 Å². The Morgan fingerprint density at radius 2 is 2.35 bits per heavy atom. The minimum absolute atomic E-state index is 0.0594. The second-order valence-electron chi connectivity index (χ2n) is 5.25. The van der Waals surface area contributed by atoms with Crippen LogP contribution in [-0.2, 0) is 0 Å². The summed E-state index contributed by atoms with van der Waals surface area (Å²) in [6, 6.07) is 4.77. The van der Waals surface area contributed by atoms with E-state index < -0.39 is 0 Å². The van der Waals surface area contributed by atoms with Crippen LogP contribution in [0.25, 0.3) is 0 Å². The fraction of sp³-hybridized carbons (Fsp3) is 0.533. The molecule has 1 saturated heterocycles. The first-order valence-electron chi connectivity index (χ1n) is 7.00. The number of amides is 1. The average molecular weight is 278 g/mol. The van der Waals surface area contributed by atoms with Gasteiger partial charge in [-0.2, -0.15) is 0 Å². The maximum atomic E-state index is 12.2. The maximum absolute atomic E-state index is 12.2. The van der Waals surface area contributed by atoms with Crippen LogP contribution >= 0.6 is 0 Å². The van der Waals surface area contributed by atoms with E-state index in [1.807, 2.05) is 6.92 Å². The molecule has 1 fully saturated rings. The van der Waals surface area contributed by atoms with Crippen molar-refractivity contribution in [3.63, 3.8) is 0 Å². The SMILES string of the molecule is COc1ccc(C(=O)NC(C)C2CCCNC2)c(O)c1. The molecule has 1 heterocycles. The molecule has 2 unspecified atom stereocenters. The van der Waals surface area contributed by atoms with Crippen LogP contribution in [-0.4, -0.2) is 37.3 Å². The molecule has 2 atom stereocenters. The summed E-state index contributed by atoms with van der Waals surface area (Å²) in [6.45, 7) is 3.99. The Balaban J connectivity index is 2.00. The van der Waals surface area contributed by atoms with E-state index in [2.05, 4.69) is 10.6 Å². The van der Waals surface area contributed by atoms with E-state index >= 15 is 0 Å². The predicted molar refractivity (Wildman–Crippen MR) is 77.2 cm³/mol. The standard InChI is InChI=1S/C15H22N2O3/c1-10(11-4-3-7-16-9-11)17-15(19)13-6-5-12(20-2)8-14(13)18/h5-6,8,10-11,16,18H,3-4,7,9H2,1-2H3,(H,17,19). The van der Waals surface area contributed by atoms with Crippen LogP contribution in [0.15, 0.2) is 18.2 Å². The second-order valence-corrected chi connectivity index (χ2v) is 5.25. The van der Waals surface area contributed by atoms with Crippen molar-refractivity contribution in [2.24, 2.45) is 5.92 Å². The number of carbonyl (C=O) groups excluding carboxylic acids is 1. The number of benzene rings is 1. The minimum Gasteiger partial charge on any atom is -0.507 e. The maximum Gasteiger partial charge on any atom is 0.255 e. The molecule has 0 radical (unpaired) electrons. The highest BCUT2D eigenvalue weighted by molar-refractivity contribution is 5.97. The van der Waals surface area contributed by atoms with Crippen LogP contribution in [0.4, 0.5) is 0 Å². The van der Waals surface area contributed by atoms with Crippen molar-refractivity contribution < 1.29 is 14.6 Å². The number of methoxy groups -OCH3 is 1. The number of rotatable bonds is 4. The zero-order chi connectivity index (χ0) is 14.5. The van der Waals surface area contributed by atoms with E-state index in [4.69, 9.17) is 4.74 Å². The van der Waals surface area contributed by atoms with Gasteiger partial charge in [0, 0.05) is 12.1 Å². The summed E-state index contributed by atoms with van der Waals surface area (Å²) in [5, 5.41) is 16.2. The molecule has 110 valence electrons. The van der Waals surface area contributed by atoms with Crippen LogP contribution < -0.4 is 15.4 Å². The molecule has 20 heavy (non-hydrogen) atoms. The van der Waals surface area contributed by atoms with Crippen LogP contribution in [0, 0.1) is 5.92 Å². The van der Waals surface area contributed by atoms with Crippen molar-refractivity contribution in [2.75, 3.05) is 20.2 Å². The number of aromatic hydroxyl groups is 1. The van der Waals surface area contributed by atoms with E-state index in [0.29, 0.717) is 11.7 Å². The molecule has 1 amide bonds. The molecule has 2 rings (SSSR count). The topological polar surface area (TPSA) is 70.6 Å². The molecule has 0 saturated carbocycles. The smallest absolute Gasteiger partial charge is 0.255 e. The lowest BCUT2D eigenvalue weighted by molar-refractivity contribution is 0.0919. The summed E-state index contributed by atoms with van der Waals surface area (Å²) in [5.74, 6) is 0.663. The summed E-state index contributed by atoms with van der Waals surface area (Å²) in [5.41, 5.74) is 0.279. The lowest BCUT2D eigenvalue weighted by Crippen LogP contribution is -2.44. The molecule has 0 aliphatic carbocycles. The monoisotopic (exact) mass is 278 g/mol. The number of carbonyl (C=O) groups is 1. The quantitative estimate of drug-likeness (QED) is 0.781. The van der Waals surface area contributed by atoms with E-state index in [1.165, 1.54) is 13.2 Å². The molecule has 0 aromatic heterocycles. The van der Waals surface area contributed by atoms with Gasteiger partial charge in [-0.3, -0.25) is 4.79 Å². The van der Waals surface area contributed by atoms with Crippen molar-refractivity contribution >= 4 is 5.91 Å². The molecule has 5 heteroatoms. The number of ether oxygens (including phenoxy) is 1. The largest absolute Gasteiger partial charge is 0.507 e. The van der Waals surface area contributed by atoms with Gasteiger partial charge < -0.3 is 20.5 Å². The number of piperidine rings is 1. The normalized spacial score (nSPS) is 20.2. The molecular formula is C15H22N2O3. The molecule has 1 aliphatic rings. The Kier molecular flexibility index (Phi) is 4.84. The molecule has 1 aromatic rings. The van der Waals surface area contributed by atoms with Crippen molar-refractivity contribution in [1.29, 1.82) is 0 Å². The van der Waals surface area contributed by atoms with Gasteiger partial charge >= 0.3 is 0 Å². The van der Waals surface area contributed by atoms with Gasteiger partial charge in [0.1, 0.15) is 11.5 Å². The molecule has 1 aromatic carbocycles. The fourth-order valence-corrected chi connectivity index (χ4v) is 2.54. The van der Waals surface area contributed by atoms with Gasteiger partial charge in [-0.05, 0) is 50.9 Å². The highest BCUT2D eigenvalue weighted by Gasteiger charge is 2.22. The number of phenolic OH excluding ortho intramolecular Hbond substituents is 1. The van der Waals surface area contributed by atoms with Gasteiger partial charge in [0.15, 0.2) is 0 Å². The van der Waals surface area contributed by atoms with Gasteiger partial charge in [-0.1, -0.05) is 0 Å². The van der Waals surface area contributed by atoms with Crippen molar-refractivity contribution in [3.8, 4) is 11.5 Å². The second kappa shape index (κ2) is 6.61. The Labute approximate surface area is 119 Å². The summed E-state index contributed by atoms with van der Waals surface area (Å²) < 4.78 is 5.01. The number of phenols is 1. The van der Waals surface area contributed by atoms with Crippen LogP contribution in [0.1, 0.15) is 30.1 Å². The van der Waals surface area contributed by atoms with Gasteiger partial charge in [-0.25, -0.2) is 0 Å². The van der Waals surface area contributed by atoms with Gasteiger partial charge in [0.2, 0.25) is 0 Å². The average Bonchev–Trinajstić information content (AvgIpc) is 2.47. The summed E-state index contributed by atoms with van der Waals surface area (Å²) in [4.78, 5) is 12.2. The fourth-order valence-electron chi connectivity index (χ4n) is 2.54. The molecule has 0 bridgehead atoms. The summed E-state index contributed by atoms with van der Waals surface area (Å²) >= 11 is 0. The lowest BCUT2D eigenvalue weighted by Gasteiger charge is -2.29. The zero-order valence-electron chi connectivity index (χ0n) is 12.0. The first-order chi connectivity index (χ1) is 9.61. The van der Waals surface area contributed by atoms with Crippen molar-refractivity contribution in [2.45, 2.75) is 25.8 Å². The van der Waals surface area contributed by atoms with E-state index in [9.17, 15) is 9.90 Å². The Morgan fingerprint density at radius 3 is 2.95 bits per heavy atom. The summed E-state index contributed by atoms with van der Waals surface area (Å²) in [6.07, 6.45) is 2.25. The highest BCUT2D eigenvalue weighted by atomic mass is 16.5. The predicted octanol–water partition coefficient (Wildman–Crippen LogP) is 1.52. The molecule has 0 spiro atoms. The van der Waals surface area contributed by atoms with Gasteiger partial charge in [0.25, 0.3) is 5.91 Å². The van der Waals surface area contributed by atoms with Gasteiger partial charge in [0.05, 0.1) is 12.7 Å². The van der Waals surface area contributed by atoms with Gasteiger partial charge in [-0.15, -0.1) is 0 Å². The Morgan fingerprint density at radius 1 is 1.55 bits per heavy atom. The number of hydrogen-bond acceptors (Lipinski definition) is 4. The third-order valence-electron chi connectivity index (χ3n) is 3.85. The van der Waals surface area contributed by atoms with E-state index in [-0.39, 0.29) is 23.3 Å². The first-order valence-corrected chi connectivity index (χ1v) is 7.00. The number of hydrogen-bond donors (Lipinski definition) is 3. The molecular weight excluding hydrogens is 256 g/mol. The van der Waals surface area contributed by atoms with E-state index in [1.54, 1.807) is 12.1 Å². The molecule has 1 aliphatic heterocycles. The molecule has 5 nitrogen and oxygen atoms in total. The Bertz CT molecular complexity index is 470. The third kappa shape index (κ3) is 3.42. The highest BCUT2D eigenvalue weighted by Crippen LogP contribution is 2.24. The Hall–Kier alpha value is -1.75. The van der Waals surface area contributed by atoms with Crippen LogP contribution in [0.2, 0.25) is 0 Å². The van der Waals surface area contributed by atoms with Crippen LogP contribution in [0.3, 0.4) is 0 Å². The first kappa shape index (κ1) is 14.7. The lowest BCUT2D eigenvalue weighted by atomic mass is 9.92. The van der Waals surface area contributed by atoms with Crippen molar-refractivity contribution in [3.05, 3.63) is 23.8 Å². The molecule has 3 N–H and O–H groups in total. The summed E-state index contributed by atoms with van der Waals surface area (Å²) in [7, 11) is 1.52. The minimum atomic E-state index is -0.247.